The maximum atomic E-state index is 13.0. The highest BCUT2D eigenvalue weighted by Gasteiger charge is 2.23. The number of likely N-dealkylation sites (tertiary alicyclic amines) is 1. The Balaban J connectivity index is 1.44. The van der Waals surface area contributed by atoms with Gasteiger partial charge in [0.2, 0.25) is 0 Å². The van der Waals surface area contributed by atoms with Crippen LogP contribution in [0.15, 0.2) is 28.8 Å². The molecule has 1 aromatic carbocycles. The molecule has 2 aromatic rings. The fourth-order valence-electron chi connectivity index (χ4n) is 3.17. The van der Waals surface area contributed by atoms with Gasteiger partial charge in [-0.05, 0) is 55.9 Å². The molecule has 1 aliphatic rings. The molecule has 26 heavy (non-hydrogen) atoms. The first-order chi connectivity index (χ1) is 12.7. The van der Waals surface area contributed by atoms with E-state index in [4.69, 9.17) is 4.52 Å². The normalized spacial score (nSPS) is 15.2. The summed E-state index contributed by atoms with van der Waals surface area (Å²) in [5.74, 6) is 1.37. The van der Waals surface area contributed by atoms with Crippen LogP contribution in [0, 0.1) is 11.7 Å². The molecular formula is C19H25FN4O2. The molecule has 1 fully saturated rings. The van der Waals surface area contributed by atoms with E-state index in [0.29, 0.717) is 17.6 Å². The van der Waals surface area contributed by atoms with Gasteiger partial charge in [0.25, 0.3) is 5.89 Å². The van der Waals surface area contributed by atoms with E-state index in [1.54, 1.807) is 12.1 Å². The van der Waals surface area contributed by atoms with Gasteiger partial charge >= 0.3 is 6.03 Å². The Labute approximate surface area is 152 Å². The number of carbonyl (C=O) groups excluding carboxylic acids is 1. The fraction of sp³-hybridized carbons (Fsp3) is 0.526. The number of benzene rings is 1. The molecule has 0 bridgehead atoms. The molecule has 0 aliphatic carbocycles. The minimum atomic E-state index is -0.289. The van der Waals surface area contributed by atoms with E-state index in [2.05, 4.69) is 15.5 Å². The number of hydrogen-bond acceptors (Lipinski definition) is 4. The van der Waals surface area contributed by atoms with Crippen LogP contribution in [-0.2, 0) is 6.42 Å². The Morgan fingerprint density at radius 2 is 2.04 bits per heavy atom. The Bertz CT molecular complexity index is 709. The quantitative estimate of drug-likeness (QED) is 0.854. The van der Waals surface area contributed by atoms with Crippen molar-refractivity contribution in [3.63, 3.8) is 0 Å². The van der Waals surface area contributed by atoms with Crippen LogP contribution >= 0.6 is 0 Å². The van der Waals surface area contributed by atoms with Crippen LogP contribution in [0.4, 0.5) is 9.18 Å². The van der Waals surface area contributed by atoms with Crippen LogP contribution < -0.4 is 5.32 Å². The molecule has 0 spiro atoms. The number of aryl methyl sites for hydroxylation is 1. The van der Waals surface area contributed by atoms with E-state index in [0.717, 1.165) is 57.3 Å². The highest BCUT2D eigenvalue weighted by atomic mass is 19.1. The number of nitrogens with one attached hydrogen (secondary N) is 1. The monoisotopic (exact) mass is 360 g/mol. The van der Waals surface area contributed by atoms with Crippen LogP contribution in [0.2, 0.25) is 0 Å². The molecule has 7 heteroatoms. The van der Waals surface area contributed by atoms with Crippen LogP contribution in [0.25, 0.3) is 11.5 Å². The van der Waals surface area contributed by atoms with Crippen molar-refractivity contribution >= 4 is 6.03 Å². The largest absolute Gasteiger partial charge is 0.338 e. The average Bonchev–Trinajstić information content (AvgIpc) is 3.14. The van der Waals surface area contributed by atoms with Crippen LogP contribution in [0.1, 0.15) is 38.4 Å². The highest BCUT2D eigenvalue weighted by molar-refractivity contribution is 5.74. The van der Waals surface area contributed by atoms with E-state index < -0.39 is 0 Å². The predicted molar refractivity (Wildman–Crippen MR) is 96.0 cm³/mol. The van der Waals surface area contributed by atoms with Crippen molar-refractivity contribution in [3.8, 4) is 11.5 Å². The van der Waals surface area contributed by atoms with Gasteiger partial charge in [0, 0.05) is 31.6 Å². The summed E-state index contributed by atoms with van der Waals surface area (Å²) in [5.41, 5.74) is 0.719. The summed E-state index contributed by atoms with van der Waals surface area (Å²) < 4.78 is 18.2. The Morgan fingerprint density at radius 3 is 2.73 bits per heavy atom. The lowest BCUT2D eigenvalue weighted by Crippen LogP contribution is -2.44. The smallest absolute Gasteiger partial charge is 0.317 e. The van der Waals surface area contributed by atoms with Crippen molar-refractivity contribution < 1.29 is 13.7 Å². The first-order valence-electron chi connectivity index (χ1n) is 9.27. The molecule has 0 unspecified atom stereocenters. The molecule has 0 saturated carbocycles. The summed E-state index contributed by atoms with van der Waals surface area (Å²) in [4.78, 5) is 18.3. The highest BCUT2D eigenvalue weighted by Crippen LogP contribution is 2.23. The van der Waals surface area contributed by atoms with Crippen molar-refractivity contribution in [1.82, 2.24) is 20.4 Å². The van der Waals surface area contributed by atoms with Crippen molar-refractivity contribution in [1.29, 1.82) is 0 Å². The second-order valence-corrected chi connectivity index (χ2v) is 6.72. The van der Waals surface area contributed by atoms with E-state index >= 15 is 0 Å². The van der Waals surface area contributed by atoms with Gasteiger partial charge < -0.3 is 14.7 Å². The molecular weight excluding hydrogens is 335 g/mol. The number of halogens is 1. The lowest BCUT2D eigenvalue weighted by atomic mass is 9.92. The van der Waals surface area contributed by atoms with Gasteiger partial charge in [-0.2, -0.15) is 4.98 Å². The molecule has 0 atom stereocenters. The van der Waals surface area contributed by atoms with Crippen molar-refractivity contribution in [2.75, 3.05) is 19.6 Å². The fourth-order valence-corrected chi connectivity index (χ4v) is 3.17. The predicted octanol–water partition coefficient (Wildman–Crippen LogP) is 3.64. The zero-order valence-electron chi connectivity index (χ0n) is 15.1. The van der Waals surface area contributed by atoms with E-state index in [9.17, 15) is 9.18 Å². The van der Waals surface area contributed by atoms with E-state index in [1.165, 1.54) is 12.1 Å². The second kappa shape index (κ2) is 8.78. The molecule has 1 N–H and O–H groups in total. The van der Waals surface area contributed by atoms with E-state index in [-0.39, 0.29) is 11.8 Å². The first-order valence-corrected chi connectivity index (χ1v) is 9.27. The number of rotatable bonds is 6. The molecule has 0 radical (unpaired) electrons. The maximum absolute atomic E-state index is 13.0. The van der Waals surface area contributed by atoms with Crippen LogP contribution in [0.5, 0.6) is 0 Å². The van der Waals surface area contributed by atoms with Crippen molar-refractivity contribution in [3.05, 3.63) is 35.9 Å². The van der Waals surface area contributed by atoms with Crippen molar-refractivity contribution in [2.24, 2.45) is 5.92 Å². The van der Waals surface area contributed by atoms with Gasteiger partial charge in [-0.3, -0.25) is 0 Å². The minimum Gasteiger partial charge on any atom is -0.338 e. The van der Waals surface area contributed by atoms with Gasteiger partial charge in [0.05, 0.1) is 0 Å². The molecule has 2 amide bonds. The van der Waals surface area contributed by atoms with Crippen molar-refractivity contribution in [2.45, 2.75) is 39.0 Å². The van der Waals surface area contributed by atoms with Gasteiger partial charge in [-0.25, -0.2) is 9.18 Å². The third kappa shape index (κ3) is 4.80. The standard InChI is InChI=1S/C19H25FN4O2/c1-2-11-21-19(25)24-12-9-14(10-13-24)3-8-17-22-18(26-23-17)15-4-6-16(20)7-5-15/h4-7,14H,2-3,8-13H2,1H3,(H,21,25). The number of urea groups is 1. The Kier molecular flexibility index (Phi) is 6.20. The molecule has 140 valence electrons. The topological polar surface area (TPSA) is 71.3 Å². The zero-order chi connectivity index (χ0) is 18.4. The number of hydrogen-bond donors (Lipinski definition) is 1. The van der Waals surface area contributed by atoms with Gasteiger partial charge in [0.1, 0.15) is 5.82 Å². The lowest BCUT2D eigenvalue weighted by Gasteiger charge is -2.31. The number of piperidine rings is 1. The van der Waals surface area contributed by atoms with Gasteiger partial charge in [-0.15, -0.1) is 0 Å². The Morgan fingerprint density at radius 1 is 1.31 bits per heavy atom. The van der Waals surface area contributed by atoms with Crippen LogP contribution in [0.3, 0.4) is 0 Å². The summed E-state index contributed by atoms with van der Waals surface area (Å²) >= 11 is 0. The molecule has 3 rings (SSSR count). The average molecular weight is 360 g/mol. The molecule has 1 saturated heterocycles. The second-order valence-electron chi connectivity index (χ2n) is 6.72. The molecule has 1 aromatic heterocycles. The zero-order valence-corrected chi connectivity index (χ0v) is 15.1. The van der Waals surface area contributed by atoms with Gasteiger partial charge in [-0.1, -0.05) is 12.1 Å². The summed E-state index contributed by atoms with van der Waals surface area (Å²) in [6.07, 6.45) is 4.68. The van der Waals surface area contributed by atoms with Gasteiger partial charge in [0.15, 0.2) is 5.82 Å². The summed E-state index contributed by atoms with van der Waals surface area (Å²) in [6.45, 7) is 4.37. The summed E-state index contributed by atoms with van der Waals surface area (Å²) in [6, 6.07) is 6.07. The maximum Gasteiger partial charge on any atom is 0.317 e. The first kappa shape index (κ1) is 18.4. The molecule has 6 nitrogen and oxygen atoms in total. The number of amides is 2. The van der Waals surface area contributed by atoms with Crippen LogP contribution in [-0.4, -0.2) is 40.7 Å². The summed E-state index contributed by atoms with van der Waals surface area (Å²) in [7, 11) is 0. The van der Waals surface area contributed by atoms with E-state index in [1.807, 2.05) is 11.8 Å². The number of nitrogens with zero attached hydrogens (tertiary/aromatic N) is 3. The SMILES string of the molecule is CCCNC(=O)N1CCC(CCc2noc(-c3ccc(F)cc3)n2)CC1. The lowest BCUT2D eigenvalue weighted by molar-refractivity contribution is 0.168. The Hall–Kier alpha value is -2.44. The third-order valence-corrected chi connectivity index (χ3v) is 4.76. The molecule has 1 aliphatic heterocycles. The number of carbonyl (C=O) groups is 1. The molecule has 2 heterocycles. The minimum absolute atomic E-state index is 0.0485. The third-order valence-electron chi connectivity index (χ3n) is 4.76. The summed E-state index contributed by atoms with van der Waals surface area (Å²) in [5, 5.41) is 6.95. The number of aromatic nitrogens is 2.